The molecular formula is C12H12BrFN2O2. The van der Waals surface area contributed by atoms with Gasteiger partial charge in [0.05, 0.1) is 5.56 Å². The van der Waals surface area contributed by atoms with Gasteiger partial charge in [0.1, 0.15) is 5.82 Å². The molecule has 1 saturated heterocycles. The molecule has 6 heteroatoms. The predicted molar refractivity (Wildman–Crippen MR) is 67.6 cm³/mol. The van der Waals surface area contributed by atoms with E-state index >= 15 is 0 Å². The first-order chi connectivity index (χ1) is 8.59. The van der Waals surface area contributed by atoms with E-state index in [1.807, 2.05) is 0 Å². The molecule has 1 aromatic carbocycles. The number of hydrogen-bond acceptors (Lipinski definition) is 2. The van der Waals surface area contributed by atoms with Crippen molar-refractivity contribution in [3.05, 3.63) is 34.1 Å². The van der Waals surface area contributed by atoms with Gasteiger partial charge in [0.25, 0.3) is 5.91 Å². The summed E-state index contributed by atoms with van der Waals surface area (Å²) in [6.45, 7) is 1.10. The molecule has 1 fully saturated rings. The second kappa shape index (κ2) is 5.48. The van der Waals surface area contributed by atoms with Gasteiger partial charge >= 0.3 is 0 Å². The van der Waals surface area contributed by atoms with Crippen LogP contribution in [0.15, 0.2) is 22.7 Å². The van der Waals surface area contributed by atoms with Gasteiger partial charge < -0.3 is 10.2 Å². The van der Waals surface area contributed by atoms with E-state index in [1.54, 1.807) is 6.07 Å². The fraction of sp³-hybridized carbons (Fsp3) is 0.333. The van der Waals surface area contributed by atoms with Crippen molar-refractivity contribution in [1.82, 2.24) is 10.2 Å². The molecule has 0 atom stereocenters. The van der Waals surface area contributed by atoms with Crippen molar-refractivity contribution in [2.45, 2.75) is 6.42 Å². The maximum Gasteiger partial charge on any atom is 0.258 e. The van der Waals surface area contributed by atoms with Gasteiger partial charge in [-0.3, -0.25) is 9.59 Å². The van der Waals surface area contributed by atoms with Crippen LogP contribution in [0.5, 0.6) is 0 Å². The summed E-state index contributed by atoms with van der Waals surface area (Å²) in [5.41, 5.74) is 0.0202. The summed E-state index contributed by atoms with van der Waals surface area (Å²) in [5.74, 6) is -1.03. The van der Waals surface area contributed by atoms with Crippen LogP contribution in [0.2, 0.25) is 0 Å². The predicted octanol–water partition coefficient (Wildman–Crippen LogP) is 1.55. The molecule has 1 aliphatic heterocycles. The molecule has 96 valence electrons. The fourth-order valence-corrected chi connectivity index (χ4v) is 2.34. The van der Waals surface area contributed by atoms with E-state index < -0.39 is 11.7 Å². The van der Waals surface area contributed by atoms with Crippen LogP contribution in [0.3, 0.4) is 0 Å². The lowest BCUT2D eigenvalue weighted by Crippen LogP contribution is -2.34. The van der Waals surface area contributed by atoms with Crippen LogP contribution < -0.4 is 5.32 Å². The molecule has 0 saturated carbocycles. The summed E-state index contributed by atoms with van der Waals surface area (Å²) in [4.78, 5) is 24.9. The number of hydrogen-bond donors (Lipinski definition) is 1. The molecule has 0 unspecified atom stereocenters. The first-order valence-corrected chi connectivity index (χ1v) is 6.39. The molecule has 0 aliphatic carbocycles. The van der Waals surface area contributed by atoms with Gasteiger partial charge in [-0.2, -0.15) is 0 Å². The summed E-state index contributed by atoms with van der Waals surface area (Å²) in [6, 6.07) is 4.40. The number of amides is 2. The van der Waals surface area contributed by atoms with Gasteiger partial charge in [-0.15, -0.1) is 0 Å². The quantitative estimate of drug-likeness (QED) is 0.855. The van der Waals surface area contributed by atoms with Gasteiger partial charge in [-0.05, 0) is 28.1 Å². The smallest absolute Gasteiger partial charge is 0.258 e. The SMILES string of the molecule is O=C1CCN(C(=O)c2c(F)cccc2Br)CCN1. The largest absolute Gasteiger partial charge is 0.354 e. The Morgan fingerprint density at radius 3 is 2.89 bits per heavy atom. The average molecular weight is 315 g/mol. The number of nitrogens with zero attached hydrogens (tertiary/aromatic N) is 1. The lowest BCUT2D eigenvalue weighted by atomic mass is 10.2. The maximum absolute atomic E-state index is 13.7. The second-order valence-corrected chi connectivity index (χ2v) is 4.84. The van der Waals surface area contributed by atoms with Crippen molar-refractivity contribution in [2.75, 3.05) is 19.6 Å². The van der Waals surface area contributed by atoms with Crippen LogP contribution in [-0.4, -0.2) is 36.3 Å². The Bertz CT molecular complexity index is 473. The minimum atomic E-state index is -0.557. The molecule has 18 heavy (non-hydrogen) atoms. The van der Waals surface area contributed by atoms with Crippen molar-refractivity contribution >= 4 is 27.7 Å². The molecule has 1 aromatic rings. The molecule has 2 amide bonds. The Balaban J connectivity index is 2.23. The highest BCUT2D eigenvalue weighted by atomic mass is 79.9. The van der Waals surface area contributed by atoms with Crippen LogP contribution in [-0.2, 0) is 4.79 Å². The van der Waals surface area contributed by atoms with Gasteiger partial charge in [-0.25, -0.2) is 4.39 Å². The normalized spacial score (nSPS) is 16.1. The molecule has 0 radical (unpaired) electrons. The first-order valence-electron chi connectivity index (χ1n) is 5.59. The minimum absolute atomic E-state index is 0.0202. The molecule has 1 aliphatic rings. The summed E-state index contributed by atoms with van der Waals surface area (Å²) in [6.07, 6.45) is 0.248. The molecule has 1 N–H and O–H groups in total. The van der Waals surface area contributed by atoms with E-state index in [4.69, 9.17) is 0 Å². The minimum Gasteiger partial charge on any atom is -0.354 e. The van der Waals surface area contributed by atoms with Gasteiger partial charge in [0.15, 0.2) is 0 Å². The molecule has 0 spiro atoms. The molecule has 2 rings (SSSR count). The molecular weight excluding hydrogens is 303 g/mol. The molecule has 4 nitrogen and oxygen atoms in total. The average Bonchev–Trinajstić information content (AvgIpc) is 2.53. The van der Waals surface area contributed by atoms with Crippen LogP contribution in [0.4, 0.5) is 4.39 Å². The highest BCUT2D eigenvalue weighted by Crippen LogP contribution is 2.21. The number of nitrogens with one attached hydrogen (secondary N) is 1. The van der Waals surface area contributed by atoms with Crippen LogP contribution >= 0.6 is 15.9 Å². The van der Waals surface area contributed by atoms with Crippen LogP contribution in [0, 0.1) is 5.82 Å². The third-order valence-electron chi connectivity index (χ3n) is 2.78. The summed E-state index contributed by atoms with van der Waals surface area (Å²) in [5, 5.41) is 2.67. The zero-order chi connectivity index (χ0) is 13.1. The third kappa shape index (κ3) is 2.69. The van der Waals surface area contributed by atoms with Crippen molar-refractivity contribution in [2.24, 2.45) is 0 Å². The van der Waals surface area contributed by atoms with E-state index in [9.17, 15) is 14.0 Å². The Morgan fingerprint density at radius 2 is 2.17 bits per heavy atom. The van der Waals surface area contributed by atoms with E-state index in [0.29, 0.717) is 24.1 Å². The summed E-state index contributed by atoms with van der Waals surface area (Å²) >= 11 is 3.18. The lowest BCUT2D eigenvalue weighted by molar-refractivity contribution is -0.120. The molecule has 0 bridgehead atoms. The van der Waals surface area contributed by atoms with E-state index in [-0.39, 0.29) is 17.9 Å². The van der Waals surface area contributed by atoms with E-state index in [0.717, 1.165) is 0 Å². The van der Waals surface area contributed by atoms with Crippen molar-refractivity contribution in [1.29, 1.82) is 0 Å². The standard InChI is InChI=1S/C12H12BrFN2O2/c13-8-2-1-3-9(14)11(8)12(18)16-6-4-10(17)15-5-7-16/h1-3H,4-7H2,(H,15,17). The zero-order valence-corrected chi connectivity index (χ0v) is 11.2. The van der Waals surface area contributed by atoms with Crippen molar-refractivity contribution in [3.8, 4) is 0 Å². The topological polar surface area (TPSA) is 49.4 Å². The number of carbonyl (C=O) groups excluding carboxylic acids is 2. The first kappa shape index (κ1) is 13.0. The summed E-state index contributed by atoms with van der Waals surface area (Å²) in [7, 11) is 0. The van der Waals surface area contributed by atoms with Gasteiger partial charge in [0, 0.05) is 30.5 Å². The molecule has 1 heterocycles. The van der Waals surface area contributed by atoms with Crippen LogP contribution in [0.1, 0.15) is 16.8 Å². The highest BCUT2D eigenvalue weighted by molar-refractivity contribution is 9.10. The van der Waals surface area contributed by atoms with Gasteiger partial charge in [-0.1, -0.05) is 6.07 Å². The second-order valence-electron chi connectivity index (χ2n) is 3.99. The number of halogens is 2. The Labute approximate surface area is 112 Å². The lowest BCUT2D eigenvalue weighted by Gasteiger charge is -2.20. The maximum atomic E-state index is 13.7. The Kier molecular flexibility index (Phi) is 3.96. The van der Waals surface area contributed by atoms with E-state index in [1.165, 1.54) is 17.0 Å². The summed E-state index contributed by atoms with van der Waals surface area (Å²) < 4.78 is 14.1. The Hall–Kier alpha value is -1.43. The molecule has 0 aromatic heterocycles. The van der Waals surface area contributed by atoms with Crippen molar-refractivity contribution < 1.29 is 14.0 Å². The van der Waals surface area contributed by atoms with Crippen molar-refractivity contribution in [3.63, 3.8) is 0 Å². The van der Waals surface area contributed by atoms with Gasteiger partial charge in [0.2, 0.25) is 5.91 Å². The number of benzene rings is 1. The van der Waals surface area contributed by atoms with Crippen LogP contribution in [0.25, 0.3) is 0 Å². The monoisotopic (exact) mass is 314 g/mol. The number of carbonyl (C=O) groups is 2. The van der Waals surface area contributed by atoms with E-state index in [2.05, 4.69) is 21.2 Å². The zero-order valence-electron chi connectivity index (χ0n) is 9.58. The third-order valence-corrected chi connectivity index (χ3v) is 3.44. The fourth-order valence-electron chi connectivity index (χ4n) is 1.83. The highest BCUT2D eigenvalue weighted by Gasteiger charge is 2.23. The number of rotatable bonds is 1. The Morgan fingerprint density at radius 1 is 1.39 bits per heavy atom.